The van der Waals surface area contributed by atoms with E-state index in [1.807, 2.05) is 0 Å². The predicted molar refractivity (Wildman–Crippen MR) is 170 cm³/mol. The van der Waals surface area contributed by atoms with Crippen molar-refractivity contribution in [2.75, 3.05) is 46.0 Å². The molecule has 0 fully saturated rings. The molecule has 0 aliphatic carbocycles. The smallest absolute Gasteiger partial charge is 0.0540 e. The first-order chi connectivity index (χ1) is 16.8. The zero-order valence-electron chi connectivity index (χ0n) is 23.0. The standard InChI is InChI=1S/C29H60OS4/c1-3-5-21-31-25-27-33-23-17-13-9-7-11-15-19-29(30)20-16-12-8-10-14-18-24-34-28-26-32-22-6-4-2/h29-30H,3-28H2,1-2H3. The highest BCUT2D eigenvalue weighted by molar-refractivity contribution is 8.03. The Balaban J connectivity index is 3.13. The van der Waals surface area contributed by atoms with E-state index in [1.54, 1.807) is 0 Å². The molecule has 0 aromatic heterocycles. The molecule has 0 aromatic carbocycles. The summed E-state index contributed by atoms with van der Waals surface area (Å²) in [4.78, 5) is 0. The van der Waals surface area contributed by atoms with Crippen molar-refractivity contribution in [3.8, 4) is 0 Å². The third-order valence-corrected chi connectivity index (χ3v) is 11.0. The molecule has 0 aliphatic rings. The Morgan fingerprint density at radius 1 is 0.382 bits per heavy atom. The fraction of sp³-hybridized carbons (Fsp3) is 1.00. The van der Waals surface area contributed by atoms with Gasteiger partial charge in [0.25, 0.3) is 0 Å². The molecular weight excluding hydrogens is 493 g/mol. The van der Waals surface area contributed by atoms with Crippen molar-refractivity contribution in [1.29, 1.82) is 0 Å². The maximum Gasteiger partial charge on any atom is 0.0540 e. The molecule has 206 valence electrons. The van der Waals surface area contributed by atoms with E-state index < -0.39 is 0 Å². The van der Waals surface area contributed by atoms with Crippen LogP contribution >= 0.6 is 47.0 Å². The molecule has 0 aromatic rings. The lowest BCUT2D eigenvalue weighted by atomic mass is 10.0. The van der Waals surface area contributed by atoms with Crippen LogP contribution in [-0.4, -0.2) is 57.2 Å². The number of unbranched alkanes of at least 4 members (excludes halogenated alkanes) is 12. The van der Waals surface area contributed by atoms with E-state index in [9.17, 15) is 5.11 Å². The minimum Gasteiger partial charge on any atom is -0.393 e. The Morgan fingerprint density at radius 2 is 0.676 bits per heavy atom. The highest BCUT2D eigenvalue weighted by Gasteiger charge is 2.04. The summed E-state index contributed by atoms with van der Waals surface area (Å²) in [6, 6.07) is 0. The first kappa shape index (κ1) is 35.4. The summed E-state index contributed by atoms with van der Waals surface area (Å²) < 4.78 is 0. The summed E-state index contributed by atoms with van der Waals surface area (Å²) in [6.07, 6.45) is 23.6. The molecule has 0 rings (SSSR count). The van der Waals surface area contributed by atoms with Gasteiger partial charge in [-0.3, -0.25) is 0 Å². The molecule has 34 heavy (non-hydrogen) atoms. The van der Waals surface area contributed by atoms with Gasteiger partial charge in [0.05, 0.1) is 6.10 Å². The number of aliphatic hydroxyl groups is 1. The molecule has 0 saturated carbocycles. The Bertz CT molecular complexity index is 325. The van der Waals surface area contributed by atoms with Gasteiger partial charge in [0.2, 0.25) is 0 Å². The molecule has 0 amide bonds. The average Bonchev–Trinajstić information content (AvgIpc) is 2.84. The number of thioether (sulfide) groups is 4. The molecule has 0 bridgehead atoms. The summed E-state index contributed by atoms with van der Waals surface area (Å²) in [5.41, 5.74) is 0. The van der Waals surface area contributed by atoms with Crippen LogP contribution in [0.5, 0.6) is 0 Å². The van der Waals surface area contributed by atoms with E-state index in [0.717, 1.165) is 12.8 Å². The molecule has 0 spiro atoms. The normalized spacial score (nSPS) is 11.6. The van der Waals surface area contributed by atoms with Crippen LogP contribution in [-0.2, 0) is 0 Å². The molecule has 1 nitrogen and oxygen atoms in total. The second-order valence-corrected chi connectivity index (χ2v) is 14.5. The number of hydrogen-bond acceptors (Lipinski definition) is 5. The van der Waals surface area contributed by atoms with E-state index >= 15 is 0 Å². The first-order valence-corrected chi connectivity index (χ1v) is 19.4. The van der Waals surface area contributed by atoms with E-state index in [4.69, 9.17) is 0 Å². The third-order valence-electron chi connectivity index (χ3n) is 6.18. The van der Waals surface area contributed by atoms with Crippen molar-refractivity contribution in [2.24, 2.45) is 0 Å². The van der Waals surface area contributed by atoms with Crippen molar-refractivity contribution in [3.05, 3.63) is 0 Å². The third kappa shape index (κ3) is 31.4. The van der Waals surface area contributed by atoms with Crippen LogP contribution in [0.25, 0.3) is 0 Å². The van der Waals surface area contributed by atoms with Gasteiger partial charge in [0, 0.05) is 23.0 Å². The summed E-state index contributed by atoms with van der Waals surface area (Å²) in [5.74, 6) is 10.8. The van der Waals surface area contributed by atoms with Crippen LogP contribution in [0.4, 0.5) is 0 Å². The van der Waals surface area contributed by atoms with Crippen LogP contribution in [0.1, 0.15) is 129 Å². The van der Waals surface area contributed by atoms with Crippen LogP contribution < -0.4 is 0 Å². The lowest BCUT2D eigenvalue weighted by Crippen LogP contribution is -2.05. The fourth-order valence-electron chi connectivity index (χ4n) is 3.86. The highest BCUT2D eigenvalue weighted by Crippen LogP contribution is 2.16. The molecular formula is C29H60OS4. The van der Waals surface area contributed by atoms with E-state index in [2.05, 4.69) is 60.9 Å². The second kappa shape index (κ2) is 32.4. The monoisotopic (exact) mass is 552 g/mol. The predicted octanol–water partition coefficient (Wildman–Crippen LogP) is 10.3. The highest BCUT2D eigenvalue weighted by atomic mass is 32.2. The first-order valence-electron chi connectivity index (χ1n) is 14.8. The van der Waals surface area contributed by atoms with Crippen molar-refractivity contribution >= 4 is 47.0 Å². The minimum atomic E-state index is -0.0433. The van der Waals surface area contributed by atoms with Crippen molar-refractivity contribution in [2.45, 2.75) is 136 Å². The van der Waals surface area contributed by atoms with Crippen LogP contribution in [0, 0.1) is 0 Å². The zero-order chi connectivity index (χ0) is 24.8. The minimum absolute atomic E-state index is 0.0433. The molecule has 0 radical (unpaired) electrons. The number of rotatable bonds is 30. The maximum absolute atomic E-state index is 10.2. The number of hydrogen-bond donors (Lipinski definition) is 1. The summed E-state index contributed by atoms with van der Waals surface area (Å²) in [6.45, 7) is 4.55. The fourth-order valence-corrected chi connectivity index (χ4v) is 8.37. The summed E-state index contributed by atoms with van der Waals surface area (Å²) in [5, 5.41) is 10.2. The SMILES string of the molecule is CCCCSCCSCCCCCCCCC(O)CCCCCCCCSCCSCCCC. The van der Waals surface area contributed by atoms with E-state index in [0.29, 0.717) is 0 Å². The van der Waals surface area contributed by atoms with E-state index in [1.165, 1.54) is 149 Å². The largest absolute Gasteiger partial charge is 0.393 e. The molecule has 5 heteroatoms. The molecule has 0 heterocycles. The van der Waals surface area contributed by atoms with Gasteiger partial charge in [-0.2, -0.15) is 47.0 Å². The van der Waals surface area contributed by atoms with Gasteiger partial charge in [-0.25, -0.2) is 0 Å². The lowest BCUT2D eigenvalue weighted by Gasteiger charge is -2.10. The zero-order valence-corrected chi connectivity index (χ0v) is 26.3. The van der Waals surface area contributed by atoms with Gasteiger partial charge >= 0.3 is 0 Å². The van der Waals surface area contributed by atoms with E-state index in [-0.39, 0.29) is 6.10 Å². The quantitative estimate of drug-likeness (QED) is 0.0891. The van der Waals surface area contributed by atoms with Crippen molar-refractivity contribution in [1.82, 2.24) is 0 Å². The topological polar surface area (TPSA) is 20.2 Å². The average molecular weight is 553 g/mol. The Kier molecular flexibility index (Phi) is 33.7. The molecule has 0 unspecified atom stereocenters. The van der Waals surface area contributed by atoms with Gasteiger partial charge < -0.3 is 5.11 Å². The molecule has 0 aliphatic heterocycles. The van der Waals surface area contributed by atoms with Crippen molar-refractivity contribution < 1.29 is 5.11 Å². The molecule has 0 saturated heterocycles. The van der Waals surface area contributed by atoms with Crippen molar-refractivity contribution in [3.63, 3.8) is 0 Å². The molecule has 1 N–H and O–H groups in total. The van der Waals surface area contributed by atoms with Crippen LogP contribution in [0.3, 0.4) is 0 Å². The van der Waals surface area contributed by atoms with Gasteiger partial charge in [-0.1, -0.05) is 90.9 Å². The Hall–Kier alpha value is 1.36. The van der Waals surface area contributed by atoms with Crippen LogP contribution in [0.2, 0.25) is 0 Å². The Labute approximate surface area is 232 Å². The lowest BCUT2D eigenvalue weighted by molar-refractivity contribution is 0.147. The Morgan fingerprint density at radius 3 is 1.03 bits per heavy atom. The van der Waals surface area contributed by atoms with Gasteiger partial charge in [0.15, 0.2) is 0 Å². The summed E-state index contributed by atoms with van der Waals surface area (Å²) >= 11 is 8.55. The van der Waals surface area contributed by atoms with Gasteiger partial charge in [0.1, 0.15) is 0 Å². The maximum atomic E-state index is 10.2. The molecule has 0 atom stereocenters. The second-order valence-electron chi connectivity index (χ2n) is 9.63. The van der Waals surface area contributed by atoms with Gasteiger partial charge in [-0.15, -0.1) is 0 Å². The van der Waals surface area contributed by atoms with Crippen LogP contribution in [0.15, 0.2) is 0 Å². The summed E-state index contributed by atoms with van der Waals surface area (Å²) in [7, 11) is 0. The van der Waals surface area contributed by atoms with Gasteiger partial charge in [-0.05, 0) is 61.5 Å². The number of aliphatic hydroxyl groups excluding tert-OH is 1.